The van der Waals surface area contributed by atoms with Crippen LogP contribution in [0.2, 0.25) is 0 Å². The summed E-state index contributed by atoms with van der Waals surface area (Å²) < 4.78 is 48.6. The van der Waals surface area contributed by atoms with E-state index in [0.29, 0.717) is 23.5 Å². The molecule has 2 fully saturated rings. The van der Waals surface area contributed by atoms with Crippen LogP contribution in [0.1, 0.15) is 39.0 Å². The molecular formula is C19H28N2O5S2. The molecule has 1 saturated carbocycles. The summed E-state index contributed by atoms with van der Waals surface area (Å²) in [6, 6.07) is 6.25. The van der Waals surface area contributed by atoms with Gasteiger partial charge in [-0.15, -0.1) is 0 Å². The molecule has 28 heavy (non-hydrogen) atoms. The summed E-state index contributed by atoms with van der Waals surface area (Å²) in [5, 5.41) is 2.73. The third kappa shape index (κ3) is 4.68. The van der Waals surface area contributed by atoms with Gasteiger partial charge < -0.3 is 10.2 Å². The Bertz CT molecular complexity index is 904. The van der Waals surface area contributed by atoms with E-state index >= 15 is 0 Å². The number of rotatable bonds is 7. The number of nitrogens with zero attached hydrogens (tertiary/aromatic N) is 1. The Morgan fingerprint density at radius 3 is 2.32 bits per heavy atom. The van der Waals surface area contributed by atoms with Gasteiger partial charge in [-0.3, -0.25) is 4.79 Å². The van der Waals surface area contributed by atoms with Crippen LogP contribution in [0.25, 0.3) is 0 Å². The lowest BCUT2D eigenvalue weighted by atomic mass is 10.2. The van der Waals surface area contributed by atoms with Crippen LogP contribution < -0.4 is 5.32 Å². The molecule has 2 aliphatic rings. The van der Waals surface area contributed by atoms with Gasteiger partial charge in [0.1, 0.15) is 0 Å². The van der Waals surface area contributed by atoms with E-state index in [4.69, 9.17) is 0 Å². The molecule has 7 nitrogen and oxygen atoms in total. The second-order valence-corrected chi connectivity index (χ2v) is 12.0. The molecule has 1 amide bonds. The largest absolute Gasteiger partial charge is 0.376 e. The Morgan fingerprint density at radius 2 is 1.79 bits per heavy atom. The van der Waals surface area contributed by atoms with Crippen molar-refractivity contribution in [3.05, 3.63) is 24.3 Å². The van der Waals surface area contributed by atoms with Gasteiger partial charge in [-0.2, -0.15) is 0 Å². The number of carbonyl (C=O) groups excluding carboxylic acids is 1. The van der Waals surface area contributed by atoms with Crippen LogP contribution in [0, 0.1) is 0 Å². The summed E-state index contributed by atoms with van der Waals surface area (Å²) in [5.74, 6) is -0.00111. The highest BCUT2D eigenvalue weighted by Crippen LogP contribution is 2.30. The highest BCUT2D eigenvalue weighted by molar-refractivity contribution is 7.92. The summed E-state index contributed by atoms with van der Waals surface area (Å²) in [5.41, 5.74) is 0.661. The average Bonchev–Trinajstić information content (AvgIpc) is 3.31. The van der Waals surface area contributed by atoms with Gasteiger partial charge in [-0.05, 0) is 50.5 Å². The molecular weight excluding hydrogens is 400 g/mol. The maximum Gasteiger partial charge on any atom is 0.242 e. The highest BCUT2D eigenvalue weighted by atomic mass is 32.2. The van der Waals surface area contributed by atoms with Gasteiger partial charge in [-0.1, -0.05) is 12.8 Å². The van der Waals surface area contributed by atoms with Gasteiger partial charge in [0, 0.05) is 18.3 Å². The van der Waals surface area contributed by atoms with Gasteiger partial charge in [0.2, 0.25) is 5.91 Å². The van der Waals surface area contributed by atoms with Crippen molar-refractivity contribution in [1.82, 2.24) is 4.90 Å². The SMILES string of the molecule is CCN(C(=O)CNc1ccc(S(=O)(=O)C2CCCC2)cc1)C1CCS(=O)(=O)C1. The first-order valence-corrected chi connectivity index (χ1v) is 13.2. The summed E-state index contributed by atoms with van der Waals surface area (Å²) in [4.78, 5) is 14.4. The fourth-order valence-corrected chi connectivity index (χ4v) is 7.68. The van der Waals surface area contributed by atoms with Gasteiger partial charge in [-0.25, -0.2) is 16.8 Å². The number of likely N-dealkylation sites (N-methyl/N-ethyl adjacent to an activating group) is 1. The molecule has 0 radical (unpaired) electrons. The van der Waals surface area contributed by atoms with E-state index in [1.165, 1.54) is 0 Å². The second-order valence-electron chi connectivity index (χ2n) is 7.57. The Morgan fingerprint density at radius 1 is 1.14 bits per heavy atom. The normalized spacial score (nSPS) is 22.2. The Labute approximate surface area is 167 Å². The zero-order chi connectivity index (χ0) is 20.4. The van der Waals surface area contributed by atoms with E-state index in [2.05, 4.69) is 5.32 Å². The molecule has 1 heterocycles. The molecule has 0 spiro atoms. The molecule has 1 aliphatic carbocycles. The average molecular weight is 429 g/mol. The number of anilines is 1. The fourth-order valence-electron chi connectivity index (χ4n) is 4.09. The van der Waals surface area contributed by atoms with Crippen LogP contribution in [0.5, 0.6) is 0 Å². The molecule has 3 rings (SSSR count). The molecule has 1 aromatic carbocycles. The van der Waals surface area contributed by atoms with E-state index in [-0.39, 0.29) is 35.2 Å². The monoisotopic (exact) mass is 428 g/mol. The molecule has 1 unspecified atom stereocenters. The van der Waals surface area contributed by atoms with Crippen LogP contribution in [0.15, 0.2) is 29.2 Å². The molecule has 156 valence electrons. The van der Waals surface area contributed by atoms with E-state index in [0.717, 1.165) is 25.7 Å². The first-order chi connectivity index (χ1) is 13.2. The summed E-state index contributed by atoms with van der Waals surface area (Å²) in [6.07, 6.45) is 3.85. The van der Waals surface area contributed by atoms with Crippen molar-refractivity contribution >= 4 is 31.3 Å². The third-order valence-corrected chi connectivity index (χ3v) is 9.71. The van der Waals surface area contributed by atoms with Crippen molar-refractivity contribution in [3.8, 4) is 0 Å². The maximum atomic E-state index is 12.6. The first-order valence-electron chi connectivity index (χ1n) is 9.80. The lowest BCUT2D eigenvalue weighted by Crippen LogP contribution is -2.43. The molecule has 9 heteroatoms. The van der Waals surface area contributed by atoms with Crippen molar-refractivity contribution in [3.63, 3.8) is 0 Å². The predicted octanol–water partition coefficient (Wildman–Crippen LogP) is 1.85. The van der Waals surface area contributed by atoms with Crippen LogP contribution in [0.4, 0.5) is 5.69 Å². The Balaban J connectivity index is 1.59. The summed E-state index contributed by atoms with van der Waals surface area (Å²) in [6.45, 7) is 2.34. The number of hydrogen-bond donors (Lipinski definition) is 1. The number of hydrogen-bond acceptors (Lipinski definition) is 6. The lowest BCUT2D eigenvalue weighted by Gasteiger charge is -2.27. The Hall–Kier alpha value is -1.61. The smallest absolute Gasteiger partial charge is 0.242 e. The van der Waals surface area contributed by atoms with E-state index in [1.54, 1.807) is 29.2 Å². The zero-order valence-corrected chi connectivity index (χ0v) is 17.8. The van der Waals surface area contributed by atoms with Crippen molar-refractivity contribution in [2.45, 2.75) is 55.2 Å². The topological polar surface area (TPSA) is 101 Å². The number of nitrogens with one attached hydrogen (secondary N) is 1. The first kappa shape index (κ1) is 21.1. The van der Waals surface area contributed by atoms with Crippen LogP contribution in [0.3, 0.4) is 0 Å². The van der Waals surface area contributed by atoms with Crippen molar-refractivity contribution < 1.29 is 21.6 Å². The molecule has 0 aromatic heterocycles. The predicted molar refractivity (Wildman–Crippen MR) is 109 cm³/mol. The maximum absolute atomic E-state index is 12.6. The fraction of sp³-hybridized carbons (Fsp3) is 0.632. The minimum Gasteiger partial charge on any atom is -0.376 e. The van der Waals surface area contributed by atoms with Crippen molar-refractivity contribution in [2.24, 2.45) is 0 Å². The van der Waals surface area contributed by atoms with E-state index in [1.807, 2.05) is 6.92 Å². The number of carbonyl (C=O) groups is 1. The molecule has 1 N–H and O–H groups in total. The third-order valence-electron chi connectivity index (χ3n) is 5.68. The number of amides is 1. The van der Waals surface area contributed by atoms with E-state index < -0.39 is 19.7 Å². The van der Waals surface area contributed by atoms with E-state index in [9.17, 15) is 21.6 Å². The Kier molecular flexibility index (Phi) is 6.34. The zero-order valence-electron chi connectivity index (χ0n) is 16.1. The van der Waals surface area contributed by atoms with Crippen LogP contribution in [-0.4, -0.2) is 63.5 Å². The summed E-state index contributed by atoms with van der Waals surface area (Å²) in [7, 11) is -6.33. The van der Waals surface area contributed by atoms with Crippen LogP contribution in [-0.2, 0) is 24.5 Å². The lowest BCUT2D eigenvalue weighted by molar-refractivity contribution is -0.130. The molecule has 1 aromatic rings. The van der Waals surface area contributed by atoms with Crippen molar-refractivity contribution in [1.29, 1.82) is 0 Å². The quantitative estimate of drug-likeness (QED) is 0.711. The summed E-state index contributed by atoms with van der Waals surface area (Å²) >= 11 is 0. The molecule has 1 aliphatic heterocycles. The minimum absolute atomic E-state index is 0.0281. The van der Waals surface area contributed by atoms with Crippen molar-refractivity contribution in [2.75, 3.05) is 29.9 Å². The number of benzene rings is 1. The molecule has 1 saturated heterocycles. The van der Waals surface area contributed by atoms with Gasteiger partial charge in [0.25, 0.3) is 0 Å². The molecule has 0 bridgehead atoms. The van der Waals surface area contributed by atoms with Gasteiger partial charge in [0.05, 0.1) is 28.2 Å². The minimum atomic E-state index is -3.29. The van der Waals surface area contributed by atoms with Gasteiger partial charge >= 0.3 is 0 Å². The highest BCUT2D eigenvalue weighted by Gasteiger charge is 2.34. The van der Waals surface area contributed by atoms with Gasteiger partial charge in [0.15, 0.2) is 19.7 Å². The van der Waals surface area contributed by atoms with Crippen LogP contribution >= 0.6 is 0 Å². The standard InChI is InChI=1S/C19H28N2O5S2/c1-2-21(16-11-12-27(23,24)14-16)19(22)13-20-15-7-9-18(10-8-15)28(25,26)17-5-3-4-6-17/h7-10,16-17,20H,2-6,11-14H2,1H3. The number of sulfone groups is 2. The second kappa shape index (κ2) is 8.41. The molecule has 1 atom stereocenters.